The quantitative estimate of drug-likeness (QED) is 0.836. The molecule has 0 fully saturated rings. The predicted molar refractivity (Wildman–Crippen MR) is 66.1 cm³/mol. The molecule has 2 aromatic heterocycles. The molecule has 0 saturated carbocycles. The molecule has 2 aromatic rings. The van der Waals surface area contributed by atoms with Crippen molar-refractivity contribution < 1.29 is 19.5 Å². The molecule has 0 aliphatic carbocycles. The summed E-state index contributed by atoms with van der Waals surface area (Å²) in [5.41, 5.74) is -0.683. The van der Waals surface area contributed by atoms with Crippen molar-refractivity contribution in [1.29, 1.82) is 0 Å². The molecular formula is C12H11ClN2O4. The highest BCUT2D eigenvalue weighted by Crippen LogP contribution is 2.30. The maximum absolute atomic E-state index is 10.7. The lowest BCUT2D eigenvalue weighted by molar-refractivity contribution is 0.0656. The number of hydrogen-bond acceptors (Lipinski definition) is 5. The molecule has 0 bridgehead atoms. The number of carboxylic acids is 1. The number of halogens is 1. The third kappa shape index (κ3) is 2.45. The van der Waals surface area contributed by atoms with Crippen LogP contribution in [0.1, 0.15) is 34.3 Å². The molecule has 2 N–H and O–H groups in total. The van der Waals surface area contributed by atoms with E-state index in [1.165, 1.54) is 19.2 Å². The highest BCUT2D eigenvalue weighted by Gasteiger charge is 2.32. The van der Waals surface area contributed by atoms with Crippen LogP contribution in [0.5, 0.6) is 0 Å². The van der Waals surface area contributed by atoms with Gasteiger partial charge in [0.15, 0.2) is 11.5 Å². The monoisotopic (exact) mass is 282 g/mol. The van der Waals surface area contributed by atoms with Crippen LogP contribution in [0.4, 0.5) is 0 Å². The van der Waals surface area contributed by atoms with E-state index in [1.807, 2.05) is 0 Å². The van der Waals surface area contributed by atoms with E-state index in [0.29, 0.717) is 16.3 Å². The Morgan fingerprint density at radius 2 is 2.16 bits per heavy atom. The minimum atomic E-state index is -1.54. The van der Waals surface area contributed by atoms with Gasteiger partial charge in [0.2, 0.25) is 0 Å². The Bertz CT molecular complexity index is 636. The summed E-state index contributed by atoms with van der Waals surface area (Å²) in [6.07, 6.45) is 1.40. The Balaban J connectivity index is 2.45. The number of pyridine rings is 1. The van der Waals surface area contributed by atoms with E-state index in [-0.39, 0.29) is 11.5 Å². The lowest BCUT2D eigenvalue weighted by Crippen LogP contribution is -2.22. The second-order valence-electron chi connectivity index (χ2n) is 4.29. The summed E-state index contributed by atoms with van der Waals surface area (Å²) < 4.78 is 4.87. The van der Waals surface area contributed by atoms with Crippen molar-refractivity contribution in [2.45, 2.75) is 19.4 Å². The Hall–Kier alpha value is -1.92. The van der Waals surface area contributed by atoms with Gasteiger partial charge in [0.1, 0.15) is 10.8 Å². The van der Waals surface area contributed by atoms with Crippen molar-refractivity contribution in [3.8, 4) is 0 Å². The molecule has 2 rings (SSSR count). The van der Waals surface area contributed by atoms with Gasteiger partial charge in [0.25, 0.3) is 0 Å². The number of rotatable bonds is 3. The van der Waals surface area contributed by atoms with E-state index in [2.05, 4.69) is 10.1 Å². The van der Waals surface area contributed by atoms with Crippen LogP contribution in [0, 0.1) is 6.92 Å². The van der Waals surface area contributed by atoms with Gasteiger partial charge in [-0.15, -0.1) is 0 Å². The van der Waals surface area contributed by atoms with Crippen molar-refractivity contribution in [3.63, 3.8) is 0 Å². The molecule has 0 saturated heterocycles. The van der Waals surface area contributed by atoms with E-state index in [9.17, 15) is 9.90 Å². The molecule has 100 valence electrons. The smallest absolute Gasteiger partial charge is 0.358 e. The minimum absolute atomic E-state index is 0.0217. The van der Waals surface area contributed by atoms with E-state index in [4.69, 9.17) is 21.2 Å². The molecule has 0 aliphatic rings. The first-order chi connectivity index (χ1) is 8.82. The Kier molecular flexibility index (Phi) is 3.30. The topological polar surface area (TPSA) is 96.5 Å². The van der Waals surface area contributed by atoms with Gasteiger partial charge >= 0.3 is 5.97 Å². The van der Waals surface area contributed by atoms with Gasteiger partial charge in [0, 0.05) is 17.8 Å². The number of carboxylic acid groups (broad SMARTS) is 1. The second kappa shape index (κ2) is 4.64. The maximum Gasteiger partial charge on any atom is 0.358 e. The standard InChI is InChI=1S/C12H11ClN2O4/c1-6-3-7(5-14-10(6)13)12(2,18)9-4-8(11(16)17)15-19-9/h3-5,18H,1-2H3,(H,16,17)/t12-/m1/s1. The van der Waals surface area contributed by atoms with Gasteiger partial charge in [0.05, 0.1) is 0 Å². The minimum Gasteiger partial charge on any atom is -0.476 e. The number of aryl methyl sites for hydroxylation is 1. The molecule has 2 heterocycles. The van der Waals surface area contributed by atoms with Crippen LogP contribution in [0.25, 0.3) is 0 Å². The summed E-state index contributed by atoms with van der Waals surface area (Å²) in [6, 6.07) is 2.82. The second-order valence-corrected chi connectivity index (χ2v) is 4.64. The molecular weight excluding hydrogens is 272 g/mol. The van der Waals surface area contributed by atoms with Crippen molar-refractivity contribution in [2.24, 2.45) is 0 Å². The van der Waals surface area contributed by atoms with Crippen molar-refractivity contribution in [2.75, 3.05) is 0 Å². The molecule has 19 heavy (non-hydrogen) atoms. The fourth-order valence-corrected chi connectivity index (χ4v) is 1.68. The van der Waals surface area contributed by atoms with Gasteiger partial charge in [-0.25, -0.2) is 9.78 Å². The van der Waals surface area contributed by atoms with E-state index >= 15 is 0 Å². The predicted octanol–water partition coefficient (Wildman–Crippen LogP) is 1.99. The molecule has 0 spiro atoms. The highest BCUT2D eigenvalue weighted by atomic mass is 35.5. The molecule has 0 radical (unpaired) electrons. The van der Waals surface area contributed by atoms with Crippen molar-refractivity contribution >= 4 is 17.6 Å². The van der Waals surface area contributed by atoms with Gasteiger partial charge in [-0.1, -0.05) is 16.8 Å². The van der Waals surface area contributed by atoms with Crippen LogP contribution in [-0.4, -0.2) is 26.3 Å². The number of nitrogens with zero attached hydrogens (tertiary/aromatic N) is 2. The summed E-state index contributed by atoms with van der Waals surface area (Å²) in [4.78, 5) is 14.7. The fourth-order valence-electron chi connectivity index (χ4n) is 1.57. The van der Waals surface area contributed by atoms with Gasteiger partial charge in [-0.3, -0.25) is 0 Å². The van der Waals surface area contributed by atoms with Crippen LogP contribution in [0.3, 0.4) is 0 Å². The first-order valence-electron chi connectivity index (χ1n) is 5.38. The molecule has 0 aromatic carbocycles. The molecule has 1 atom stereocenters. The number of carbonyl (C=O) groups is 1. The largest absolute Gasteiger partial charge is 0.476 e. The third-order valence-electron chi connectivity index (χ3n) is 2.79. The SMILES string of the molecule is Cc1cc([C@@](C)(O)c2cc(C(=O)O)no2)cnc1Cl. The number of hydrogen-bond donors (Lipinski definition) is 2. The molecule has 0 unspecified atom stereocenters. The molecule has 7 heteroatoms. The summed E-state index contributed by atoms with van der Waals surface area (Å²) in [6.45, 7) is 3.21. The average Bonchev–Trinajstić information content (AvgIpc) is 2.82. The third-order valence-corrected chi connectivity index (χ3v) is 3.18. The first kappa shape index (κ1) is 13.5. The summed E-state index contributed by atoms with van der Waals surface area (Å²) in [5, 5.41) is 22.9. The van der Waals surface area contributed by atoms with Crippen LogP contribution >= 0.6 is 11.6 Å². The van der Waals surface area contributed by atoms with Crippen LogP contribution < -0.4 is 0 Å². The van der Waals surface area contributed by atoms with Gasteiger partial charge in [-0.2, -0.15) is 0 Å². The van der Waals surface area contributed by atoms with E-state index in [0.717, 1.165) is 0 Å². The van der Waals surface area contributed by atoms with Crippen LogP contribution in [-0.2, 0) is 5.60 Å². The maximum atomic E-state index is 10.7. The van der Waals surface area contributed by atoms with E-state index in [1.54, 1.807) is 13.0 Å². The Morgan fingerprint density at radius 3 is 2.68 bits per heavy atom. The Morgan fingerprint density at radius 1 is 1.47 bits per heavy atom. The van der Waals surface area contributed by atoms with Crippen molar-refractivity contribution in [1.82, 2.24) is 10.1 Å². The zero-order valence-electron chi connectivity index (χ0n) is 10.2. The number of aromatic carboxylic acids is 1. The van der Waals surface area contributed by atoms with Gasteiger partial charge in [-0.05, 0) is 25.5 Å². The molecule has 0 amide bonds. The number of aromatic nitrogens is 2. The normalized spacial score (nSPS) is 14.1. The lowest BCUT2D eigenvalue weighted by Gasteiger charge is -2.20. The average molecular weight is 283 g/mol. The summed E-state index contributed by atoms with van der Waals surface area (Å²) in [7, 11) is 0. The zero-order valence-corrected chi connectivity index (χ0v) is 11.0. The lowest BCUT2D eigenvalue weighted by atomic mass is 9.94. The first-order valence-corrected chi connectivity index (χ1v) is 5.75. The zero-order chi connectivity index (χ0) is 14.2. The fraction of sp³-hybridized carbons (Fsp3) is 0.250. The van der Waals surface area contributed by atoms with Crippen LogP contribution in [0.2, 0.25) is 5.15 Å². The van der Waals surface area contributed by atoms with Gasteiger partial charge < -0.3 is 14.7 Å². The van der Waals surface area contributed by atoms with Crippen LogP contribution in [0.15, 0.2) is 22.9 Å². The summed E-state index contributed by atoms with van der Waals surface area (Å²) in [5.74, 6) is -1.20. The highest BCUT2D eigenvalue weighted by molar-refractivity contribution is 6.30. The Labute approximate surface area is 113 Å². The summed E-state index contributed by atoms with van der Waals surface area (Å²) >= 11 is 5.82. The van der Waals surface area contributed by atoms with Crippen molar-refractivity contribution in [3.05, 3.63) is 46.1 Å². The van der Waals surface area contributed by atoms with E-state index < -0.39 is 11.6 Å². The molecule has 0 aliphatic heterocycles. The molecule has 6 nitrogen and oxygen atoms in total. The number of aliphatic hydroxyl groups is 1.